The second-order valence-electron chi connectivity index (χ2n) is 5.06. The first kappa shape index (κ1) is 17.9. The average molecular weight is 394 g/mol. The average Bonchev–Trinajstić information content (AvgIpc) is 2.55. The number of ether oxygens (including phenoxy) is 1. The summed E-state index contributed by atoms with van der Waals surface area (Å²) in [5.74, 6) is 2.11. The molecule has 0 bridgehead atoms. The smallest absolute Gasteiger partial charge is 0.230 e. The Labute approximate surface area is 149 Å². The number of hydrogen-bond donors (Lipinski definition) is 1. The predicted octanol–water partition coefficient (Wildman–Crippen LogP) is 4.44. The molecule has 1 N–H and O–H groups in total. The standard InChI is InChI=1S/C18H20BrNO2S/c1-14(15-6-3-2-4-7-15)20-18(21)13-23-11-10-22-17-9-5-8-16(19)12-17/h2-9,12,14H,10-11,13H2,1H3,(H,20,21). The highest BCUT2D eigenvalue weighted by Gasteiger charge is 2.08. The van der Waals surface area contributed by atoms with Crippen LogP contribution in [0.5, 0.6) is 5.75 Å². The Kier molecular flexibility index (Phi) is 7.49. The fraction of sp³-hybridized carbons (Fsp3) is 0.278. The van der Waals surface area contributed by atoms with Gasteiger partial charge < -0.3 is 10.1 Å². The molecule has 2 aromatic carbocycles. The molecule has 0 aromatic heterocycles. The van der Waals surface area contributed by atoms with Crippen molar-refractivity contribution in [3.8, 4) is 5.75 Å². The minimum Gasteiger partial charge on any atom is -0.493 e. The zero-order valence-corrected chi connectivity index (χ0v) is 15.4. The van der Waals surface area contributed by atoms with Crippen LogP contribution in [0.1, 0.15) is 18.5 Å². The maximum Gasteiger partial charge on any atom is 0.230 e. The number of halogens is 1. The molecule has 0 aliphatic carbocycles. The Morgan fingerprint density at radius 3 is 2.74 bits per heavy atom. The fourth-order valence-electron chi connectivity index (χ4n) is 2.05. The van der Waals surface area contributed by atoms with Crippen molar-refractivity contribution >= 4 is 33.6 Å². The molecule has 2 aromatic rings. The molecule has 0 saturated heterocycles. The maximum atomic E-state index is 11.9. The first-order valence-corrected chi connectivity index (χ1v) is 9.40. The minimum absolute atomic E-state index is 0.0298. The van der Waals surface area contributed by atoms with Crippen LogP contribution in [-0.4, -0.2) is 24.0 Å². The Morgan fingerprint density at radius 1 is 1.22 bits per heavy atom. The maximum absolute atomic E-state index is 11.9. The summed E-state index contributed by atoms with van der Waals surface area (Å²) in [6.45, 7) is 2.58. The van der Waals surface area contributed by atoms with Crippen molar-refractivity contribution in [2.75, 3.05) is 18.1 Å². The molecule has 0 aliphatic heterocycles. The molecule has 0 radical (unpaired) electrons. The highest BCUT2D eigenvalue weighted by molar-refractivity contribution is 9.10. The minimum atomic E-state index is 0.0298. The molecule has 23 heavy (non-hydrogen) atoms. The molecule has 1 unspecified atom stereocenters. The van der Waals surface area contributed by atoms with Gasteiger partial charge in [0.2, 0.25) is 5.91 Å². The highest BCUT2D eigenvalue weighted by atomic mass is 79.9. The number of rotatable bonds is 8. The zero-order chi connectivity index (χ0) is 16.5. The lowest BCUT2D eigenvalue weighted by atomic mass is 10.1. The molecule has 0 fully saturated rings. The largest absolute Gasteiger partial charge is 0.493 e. The number of hydrogen-bond acceptors (Lipinski definition) is 3. The third kappa shape index (κ3) is 6.67. The Hall–Kier alpha value is -1.46. The zero-order valence-electron chi connectivity index (χ0n) is 13.0. The van der Waals surface area contributed by atoms with Crippen molar-refractivity contribution in [3.63, 3.8) is 0 Å². The van der Waals surface area contributed by atoms with Crippen molar-refractivity contribution in [1.82, 2.24) is 5.32 Å². The van der Waals surface area contributed by atoms with E-state index in [9.17, 15) is 4.79 Å². The summed E-state index contributed by atoms with van der Waals surface area (Å²) in [6.07, 6.45) is 0. The van der Waals surface area contributed by atoms with E-state index >= 15 is 0 Å². The van der Waals surface area contributed by atoms with Gasteiger partial charge in [-0.3, -0.25) is 4.79 Å². The van der Waals surface area contributed by atoms with Gasteiger partial charge in [0.15, 0.2) is 0 Å². The van der Waals surface area contributed by atoms with Crippen molar-refractivity contribution in [2.45, 2.75) is 13.0 Å². The Balaban J connectivity index is 1.61. The third-order valence-corrected chi connectivity index (χ3v) is 4.62. The summed E-state index contributed by atoms with van der Waals surface area (Å²) in [5, 5.41) is 3.01. The summed E-state index contributed by atoms with van der Waals surface area (Å²) in [4.78, 5) is 11.9. The van der Waals surface area contributed by atoms with E-state index in [1.807, 2.05) is 61.5 Å². The van der Waals surface area contributed by atoms with Gasteiger partial charge in [-0.25, -0.2) is 0 Å². The van der Waals surface area contributed by atoms with Gasteiger partial charge >= 0.3 is 0 Å². The number of thioether (sulfide) groups is 1. The molecule has 0 heterocycles. The summed E-state index contributed by atoms with van der Waals surface area (Å²) in [5.41, 5.74) is 1.11. The summed E-state index contributed by atoms with van der Waals surface area (Å²) in [7, 11) is 0. The summed E-state index contributed by atoms with van der Waals surface area (Å²) < 4.78 is 6.63. The van der Waals surface area contributed by atoms with E-state index in [0.717, 1.165) is 21.5 Å². The van der Waals surface area contributed by atoms with E-state index in [1.165, 1.54) is 0 Å². The quantitative estimate of drug-likeness (QED) is 0.673. The van der Waals surface area contributed by atoms with Gasteiger partial charge in [-0.05, 0) is 30.7 Å². The van der Waals surface area contributed by atoms with Crippen LogP contribution in [0.2, 0.25) is 0 Å². The molecule has 0 aliphatic rings. The van der Waals surface area contributed by atoms with E-state index in [0.29, 0.717) is 12.4 Å². The van der Waals surface area contributed by atoms with E-state index in [4.69, 9.17) is 4.74 Å². The molecule has 122 valence electrons. The third-order valence-electron chi connectivity index (χ3n) is 3.20. The van der Waals surface area contributed by atoms with E-state index in [2.05, 4.69) is 21.2 Å². The Bertz CT molecular complexity index is 621. The van der Waals surface area contributed by atoms with E-state index in [1.54, 1.807) is 11.8 Å². The number of carbonyl (C=O) groups is 1. The molecule has 0 saturated carbocycles. The number of nitrogens with one attached hydrogen (secondary N) is 1. The van der Waals surface area contributed by atoms with Crippen molar-refractivity contribution in [1.29, 1.82) is 0 Å². The van der Waals surface area contributed by atoms with Crippen LogP contribution in [0, 0.1) is 0 Å². The molecular formula is C18H20BrNO2S. The number of amides is 1. The van der Waals surface area contributed by atoms with Gasteiger partial charge in [0, 0.05) is 10.2 Å². The van der Waals surface area contributed by atoms with Gasteiger partial charge in [-0.15, -0.1) is 11.8 Å². The summed E-state index contributed by atoms with van der Waals surface area (Å²) in [6, 6.07) is 17.7. The van der Waals surface area contributed by atoms with Crippen molar-refractivity contribution in [3.05, 3.63) is 64.6 Å². The lowest BCUT2D eigenvalue weighted by Crippen LogP contribution is -2.28. The lowest BCUT2D eigenvalue weighted by Gasteiger charge is -2.14. The second-order valence-corrected chi connectivity index (χ2v) is 7.08. The molecular weight excluding hydrogens is 374 g/mol. The van der Waals surface area contributed by atoms with Gasteiger partial charge in [0.05, 0.1) is 18.4 Å². The SMILES string of the molecule is CC(NC(=O)CSCCOc1cccc(Br)c1)c1ccccc1. The molecule has 5 heteroatoms. The van der Waals surface area contributed by atoms with Gasteiger partial charge in [-0.1, -0.05) is 52.3 Å². The van der Waals surface area contributed by atoms with Crippen LogP contribution in [0.3, 0.4) is 0 Å². The van der Waals surface area contributed by atoms with Gasteiger partial charge in [0.1, 0.15) is 5.75 Å². The van der Waals surface area contributed by atoms with Gasteiger partial charge in [0.25, 0.3) is 0 Å². The molecule has 3 nitrogen and oxygen atoms in total. The molecule has 0 spiro atoms. The van der Waals surface area contributed by atoms with E-state index in [-0.39, 0.29) is 11.9 Å². The highest BCUT2D eigenvalue weighted by Crippen LogP contribution is 2.18. The predicted molar refractivity (Wildman–Crippen MR) is 100.0 cm³/mol. The van der Waals surface area contributed by atoms with Crippen molar-refractivity contribution < 1.29 is 9.53 Å². The topological polar surface area (TPSA) is 38.3 Å². The first-order valence-electron chi connectivity index (χ1n) is 7.45. The number of benzene rings is 2. The molecule has 2 rings (SSSR count). The van der Waals surface area contributed by atoms with E-state index < -0.39 is 0 Å². The summed E-state index contributed by atoms with van der Waals surface area (Å²) >= 11 is 4.98. The van der Waals surface area contributed by atoms with Crippen molar-refractivity contribution in [2.24, 2.45) is 0 Å². The van der Waals surface area contributed by atoms with Crippen LogP contribution < -0.4 is 10.1 Å². The van der Waals surface area contributed by atoms with Gasteiger partial charge in [-0.2, -0.15) is 0 Å². The molecule has 1 atom stereocenters. The number of carbonyl (C=O) groups excluding carboxylic acids is 1. The normalized spacial score (nSPS) is 11.7. The lowest BCUT2D eigenvalue weighted by molar-refractivity contribution is -0.119. The first-order chi connectivity index (χ1) is 11.1. The second kappa shape index (κ2) is 9.63. The molecule has 1 amide bonds. The van der Waals surface area contributed by atoms with Crippen LogP contribution in [0.15, 0.2) is 59.1 Å². The van der Waals surface area contributed by atoms with Crippen LogP contribution in [0.25, 0.3) is 0 Å². The Morgan fingerprint density at radius 2 is 2.00 bits per heavy atom. The fourth-order valence-corrected chi connectivity index (χ4v) is 3.04. The monoisotopic (exact) mass is 393 g/mol. The van der Waals surface area contributed by atoms with Crippen LogP contribution >= 0.6 is 27.7 Å². The van der Waals surface area contributed by atoms with Crippen LogP contribution in [0.4, 0.5) is 0 Å². The van der Waals surface area contributed by atoms with Crippen LogP contribution in [-0.2, 0) is 4.79 Å².